The Morgan fingerprint density at radius 3 is 2.76 bits per heavy atom. The van der Waals surface area contributed by atoms with Crippen LogP contribution in [0.1, 0.15) is 19.4 Å². The van der Waals surface area contributed by atoms with Gasteiger partial charge in [-0.1, -0.05) is 0 Å². The van der Waals surface area contributed by atoms with Crippen molar-refractivity contribution in [3.05, 3.63) is 22.2 Å². The predicted octanol–water partition coefficient (Wildman–Crippen LogP) is 2.60. The van der Waals surface area contributed by atoms with Crippen molar-refractivity contribution in [2.45, 2.75) is 26.5 Å². The molecule has 0 aliphatic carbocycles. The Morgan fingerprint density at radius 2 is 2.24 bits per heavy atom. The third-order valence-electron chi connectivity index (χ3n) is 2.08. The third kappa shape index (κ3) is 3.62. The maximum Gasteiger partial charge on any atom is 0.181 e. The SMILES string of the molecule is CCOc1cc(CN)cc(Br)c1OC(C)C#N. The second-order valence-corrected chi connectivity index (χ2v) is 4.29. The van der Waals surface area contributed by atoms with Crippen LogP contribution in [0, 0.1) is 11.3 Å². The Bertz CT molecular complexity index is 429. The molecule has 0 saturated carbocycles. The molecule has 0 aliphatic heterocycles. The molecule has 0 heterocycles. The van der Waals surface area contributed by atoms with Crippen LogP contribution in [-0.2, 0) is 6.54 Å². The zero-order valence-corrected chi connectivity index (χ0v) is 11.5. The van der Waals surface area contributed by atoms with E-state index < -0.39 is 6.10 Å². The molecule has 0 bridgehead atoms. The number of hydrogen-bond acceptors (Lipinski definition) is 4. The fourth-order valence-electron chi connectivity index (χ4n) is 1.32. The Hall–Kier alpha value is -1.25. The van der Waals surface area contributed by atoms with E-state index >= 15 is 0 Å². The maximum absolute atomic E-state index is 8.76. The highest BCUT2D eigenvalue weighted by Gasteiger charge is 2.14. The number of nitriles is 1. The van der Waals surface area contributed by atoms with Crippen molar-refractivity contribution >= 4 is 15.9 Å². The van der Waals surface area contributed by atoms with Crippen molar-refractivity contribution in [2.24, 2.45) is 5.73 Å². The molecule has 17 heavy (non-hydrogen) atoms. The zero-order chi connectivity index (χ0) is 12.8. The Balaban J connectivity index is 3.12. The molecule has 92 valence electrons. The number of nitrogens with two attached hydrogens (primary N) is 1. The molecule has 1 unspecified atom stereocenters. The van der Waals surface area contributed by atoms with Crippen LogP contribution < -0.4 is 15.2 Å². The summed E-state index contributed by atoms with van der Waals surface area (Å²) in [5, 5.41) is 8.76. The van der Waals surface area contributed by atoms with Crippen LogP contribution in [-0.4, -0.2) is 12.7 Å². The summed E-state index contributed by atoms with van der Waals surface area (Å²) in [4.78, 5) is 0. The number of ether oxygens (including phenoxy) is 2. The van der Waals surface area contributed by atoms with Crippen molar-refractivity contribution < 1.29 is 9.47 Å². The molecule has 0 fully saturated rings. The summed E-state index contributed by atoms with van der Waals surface area (Å²) >= 11 is 3.40. The van der Waals surface area contributed by atoms with Gasteiger partial charge in [0.2, 0.25) is 0 Å². The van der Waals surface area contributed by atoms with Crippen molar-refractivity contribution in [3.63, 3.8) is 0 Å². The van der Waals surface area contributed by atoms with Crippen LogP contribution in [0.5, 0.6) is 11.5 Å². The molecule has 0 amide bonds. The van der Waals surface area contributed by atoms with Gasteiger partial charge in [0.15, 0.2) is 17.6 Å². The molecule has 1 aromatic carbocycles. The maximum atomic E-state index is 8.76. The second-order valence-electron chi connectivity index (χ2n) is 3.43. The van der Waals surface area contributed by atoms with E-state index in [1.165, 1.54) is 0 Å². The van der Waals surface area contributed by atoms with Gasteiger partial charge < -0.3 is 15.2 Å². The molecule has 4 nitrogen and oxygen atoms in total. The lowest BCUT2D eigenvalue weighted by atomic mass is 10.2. The highest BCUT2D eigenvalue weighted by molar-refractivity contribution is 9.10. The van der Waals surface area contributed by atoms with Gasteiger partial charge in [-0.3, -0.25) is 0 Å². The first-order valence-corrected chi connectivity index (χ1v) is 6.13. The molecule has 1 atom stereocenters. The van der Waals surface area contributed by atoms with Crippen molar-refractivity contribution in [1.82, 2.24) is 0 Å². The molecule has 0 radical (unpaired) electrons. The van der Waals surface area contributed by atoms with Crippen molar-refractivity contribution in [3.8, 4) is 17.6 Å². The first-order valence-electron chi connectivity index (χ1n) is 5.33. The lowest BCUT2D eigenvalue weighted by Gasteiger charge is -2.16. The largest absolute Gasteiger partial charge is 0.490 e. The minimum absolute atomic E-state index is 0.423. The Kier molecular flexibility index (Phi) is 5.26. The van der Waals surface area contributed by atoms with E-state index in [0.717, 1.165) is 10.0 Å². The Morgan fingerprint density at radius 1 is 1.53 bits per heavy atom. The van der Waals surface area contributed by atoms with Gasteiger partial charge >= 0.3 is 0 Å². The predicted molar refractivity (Wildman–Crippen MR) is 68.9 cm³/mol. The highest BCUT2D eigenvalue weighted by Crippen LogP contribution is 2.37. The van der Waals surface area contributed by atoms with Gasteiger partial charge in [-0.2, -0.15) is 5.26 Å². The highest BCUT2D eigenvalue weighted by atomic mass is 79.9. The first-order chi connectivity index (χ1) is 8.12. The molecular formula is C12H15BrN2O2. The van der Waals surface area contributed by atoms with E-state index in [1.54, 1.807) is 6.92 Å². The number of rotatable bonds is 5. The summed E-state index contributed by atoms with van der Waals surface area (Å²) in [5.74, 6) is 1.14. The van der Waals surface area contributed by atoms with Gasteiger partial charge in [0.25, 0.3) is 0 Å². The molecule has 0 aliphatic rings. The number of nitrogens with zero attached hydrogens (tertiary/aromatic N) is 1. The van der Waals surface area contributed by atoms with E-state index in [0.29, 0.717) is 24.7 Å². The molecule has 2 N–H and O–H groups in total. The quantitative estimate of drug-likeness (QED) is 0.907. The minimum atomic E-state index is -0.533. The number of benzene rings is 1. The summed E-state index contributed by atoms with van der Waals surface area (Å²) in [6, 6.07) is 5.71. The van der Waals surface area contributed by atoms with Crippen LogP contribution in [0.15, 0.2) is 16.6 Å². The van der Waals surface area contributed by atoms with Crippen molar-refractivity contribution in [2.75, 3.05) is 6.61 Å². The van der Waals surface area contributed by atoms with Crippen LogP contribution in [0.2, 0.25) is 0 Å². The topological polar surface area (TPSA) is 68.3 Å². The van der Waals surface area contributed by atoms with Crippen LogP contribution in [0.25, 0.3) is 0 Å². The van der Waals surface area contributed by atoms with Crippen molar-refractivity contribution in [1.29, 1.82) is 5.26 Å². The van der Waals surface area contributed by atoms with Gasteiger partial charge in [-0.25, -0.2) is 0 Å². The van der Waals surface area contributed by atoms with Crippen LogP contribution >= 0.6 is 15.9 Å². The van der Waals surface area contributed by atoms with E-state index in [1.807, 2.05) is 25.1 Å². The summed E-state index contributed by atoms with van der Waals surface area (Å²) in [5.41, 5.74) is 6.53. The van der Waals surface area contributed by atoms with E-state index in [2.05, 4.69) is 15.9 Å². The lowest BCUT2D eigenvalue weighted by Crippen LogP contribution is -2.10. The van der Waals surface area contributed by atoms with Crippen LogP contribution in [0.3, 0.4) is 0 Å². The molecule has 1 aromatic rings. The molecular weight excluding hydrogens is 284 g/mol. The van der Waals surface area contributed by atoms with Gasteiger partial charge in [-0.05, 0) is 47.5 Å². The second kappa shape index (κ2) is 6.48. The molecule has 0 aromatic heterocycles. The van der Waals surface area contributed by atoms with E-state index in [-0.39, 0.29) is 0 Å². The normalized spacial score (nSPS) is 11.7. The number of hydrogen-bond donors (Lipinski definition) is 1. The molecule has 5 heteroatoms. The molecule has 0 spiro atoms. The summed E-state index contributed by atoms with van der Waals surface area (Å²) < 4.78 is 11.7. The minimum Gasteiger partial charge on any atom is -0.490 e. The smallest absolute Gasteiger partial charge is 0.181 e. The van der Waals surface area contributed by atoms with E-state index in [4.69, 9.17) is 20.5 Å². The van der Waals surface area contributed by atoms with E-state index in [9.17, 15) is 0 Å². The first kappa shape index (κ1) is 13.8. The Labute approximate surface area is 109 Å². The summed E-state index contributed by atoms with van der Waals surface area (Å²) in [6.07, 6.45) is -0.533. The lowest BCUT2D eigenvalue weighted by molar-refractivity contribution is 0.248. The van der Waals surface area contributed by atoms with Gasteiger partial charge in [-0.15, -0.1) is 0 Å². The fraction of sp³-hybridized carbons (Fsp3) is 0.417. The fourth-order valence-corrected chi connectivity index (χ4v) is 1.90. The van der Waals surface area contributed by atoms with Crippen LogP contribution in [0.4, 0.5) is 0 Å². The average Bonchev–Trinajstić information content (AvgIpc) is 2.33. The number of halogens is 1. The zero-order valence-electron chi connectivity index (χ0n) is 9.87. The average molecular weight is 299 g/mol. The third-order valence-corrected chi connectivity index (χ3v) is 2.67. The van der Waals surface area contributed by atoms with Gasteiger partial charge in [0, 0.05) is 6.54 Å². The summed E-state index contributed by atoms with van der Waals surface area (Å²) in [6.45, 7) is 4.52. The molecule has 1 rings (SSSR count). The monoisotopic (exact) mass is 298 g/mol. The molecule has 0 saturated heterocycles. The van der Waals surface area contributed by atoms with Gasteiger partial charge in [0.05, 0.1) is 11.1 Å². The summed E-state index contributed by atoms with van der Waals surface area (Å²) in [7, 11) is 0. The van der Waals surface area contributed by atoms with Gasteiger partial charge in [0.1, 0.15) is 6.07 Å². The standard InChI is InChI=1S/C12H15BrN2O2/c1-3-16-11-5-9(7-15)4-10(13)12(11)17-8(2)6-14/h4-5,8H,3,7,15H2,1-2H3.